The van der Waals surface area contributed by atoms with E-state index in [9.17, 15) is 19.4 Å². The highest BCUT2D eigenvalue weighted by Gasteiger charge is 2.28. The number of hydrogen-bond acceptors (Lipinski definition) is 3. The van der Waals surface area contributed by atoms with Crippen LogP contribution in [0.3, 0.4) is 0 Å². The van der Waals surface area contributed by atoms with Gasteiger partial charge in [-0.05, 0) is 68.4 Å². The lowest BCUT2D eigenvalue weighted by Crippen LogP contribution is -2.41. The van der Waals surface area contributed by atoms with Gasteiger partial charge in [0.15, 0.2) is 0 Å². The summed E-state index contributed by atoms with van der Waals surface area (Å²) in [6.07, 6.45) is 0.825. The lowest BCUT2D eigenvalue weighted by Gasteiger charge is -2.28. The molecule has 26 heavy (non-hydrogen) atoms. The van der Waals surface area contributed by atoms with Crippen molar-refractivity contribution in [2.45, 2.75) is 18.9 Å². The molecule has 2 aromatic carbocycles. The summed E-state index contributed by atoms with van der Waals surface area (Å²) < 4.78 is 13.9. The summed E-state index contributed by atoms with van der Waals surface area (Å²) in [5.41, 5.74) is 1.18. The number of benzene rings is 2. The van der Waals surface area contributed by atoms with E-state index in [2.05, 4.69) is 4.90 Å². The second kappa shape index (κ2) is 7.51. The molecule has 1 saturated heterocycles. The van der Waals surface area contributed by atoms with E-state index in [1.54, 1.807) is 6.07 Å². The molecule has 1 fully saturated rings. The van der Waals surface area contributed by atoms with E-state index in [1.165, 1.54) is 35.2 Å². The molecule has 1 heterocycles. The number of rotatable bonds is 4. The average Bonchev–Trinajstić information content (AvgIpc) is 2.96. The van der Waals surface area contributed by atoms with Crippen LogP contribution in [-0.4, -0.2) is 47.4 Å². The van der Waals surface area contributed by atoms with Crippen molar-refractivity contribution in [2.24, 2.45) is 0 Å². The first-order valence-corrected chi connectivity index (χ1v) is 8.73. The van der Waals surface area contributed by atoms with E-state index < -0.39 is 11.9 Å². The maximum atomic E-state index is 13.9. The van der Waals surface area contributed by atoms with Gasteiger partial charge in [0.05, 0.1) is 5.69 Å². The molecule has 1 aliphatic heterocycles. The summed E-state index contributed by atoms with van der Waals surface area (Å²) in [5, 5.41) is 19.9. The van der Waals surface area contributed by atoms with Gasteiger partial charge in [-0.3, -0.25) is 4.90 Å². The third-order valence-corrected chi connectivity index (χ3v) is 4.96. The number of hydrogen-bond donors (Lipinski definition) is 2. The highest BCUT2D eigenvalue weighted by molar-refractivity contribution is 6.31. The molecule has 1 amide bonds. The molecule has 2 N–H and O–H groups in total. The predicted octanol–water partition coefficient (Wildman–Crippen LogP) is 4.43. The van der Waals surface area contributed by atoms with Gasteiger partial charge >= 0.3 is 6.09 Å². The quantitative estimate of drug-likeness (QED) is 0.826. The van der Waals surface area contributed by atoms with Crippen LogP contribution in [0.4, 0.5) is 14.9 Å². The summed E-state index contributed by atoms with van der Waals surface area (Å²) >= 11 is 6.00. The minimum atomic E-state index is -1.11. The van der Waals surface area contributed by atoms with E-state index in [1.807, 2.05) is 7.05 Å². The molecule has 1 aliphatic rings. The zero-order chi connectivity index (χ0) is 18.8. The van der Waals surface area contributed by atoms with Crippen molar-refractivity contribution < 1.29 is 19.4 Å². The highest BCUT2D eigenvalue weighted by atomic mass is 35.5. The Balaban J connectivity index is 2.05. The maximum absolute atomic E-state index is 13.9. The van der Waals surface area contributed by atoms with Crippen LogP contribution in [0.25, 0.3) is 11.1 Å². The van der Waals surface area contributed by atoms with E-state index >= 15 is 0 Å². The first-order chi connectivity index (χ1) is 12.3. The lowest BCUT2D eigenvalue weighted by atomic mass is 10.0. The van der Waals surface area contributed by atoms with Gasteiger partial charge in [0.1, 0.15) is 11.6 Å². The number of aromatic hydroxyl groups is 1. The second-order valence-electron chi connectivity index (χ2n) is 6.53. The Labute approximate surface area is 156 Å². The summed E-state index contributed by atoms with van der Waals surface area (Å²) in [6.45, 7) is 1.22. The summed E-state index contributed by atoms with van der Waals surface area (Å²) in [7, 11) is 1.97. The number of likely N-dealkylation sites (tertiary alicyclic amines) is 1. The molecule has 0 unspecified atom stereocenters. The van der Waals surface area contributed by atoms with E-state index in [0.717, 1.165) is 19.4 Å². The number of amides is 1. The molecule has 3 rings (SSSR count). The van der Waals surface area contributed by atoms with Gasteiger partial charge in [-0.1, -0.05) is 11.6 Å². The van der Waals surface area contributed by atoms with Gasteiger partial charge in [-0.25, -0.2) is 9.18 Å². The van der Waals surface area contributed by atoms with Crippen molar-refractivity contribution in [3.05, 3.63) is 47.2 Å². The zero-order valence-electron chi connectivity index (χ0n) is 14.3. The normalized spacial score (nSPS) is 17.4. The van der Waals surface area contributed by atoms with E-state index in [4.69, 9.17) is 11.6 Å². The standard InChI is InChI=1S/C19H20ClFN2O3/c1-22-6-2-3-15(22)11-23(19(25)26)18-5-4-14(21)10-17(18)12-7-13(20)9-16(24)8-12/h4-5,7-10,15,24H,2-3,6,11H2,1H3,(H,25,26)/t15-/m0/s1. The smallest absolute Gasteiger partial charge is 0.411 e. The highest BCUT2D eigenvalue weighted by Crippen LogP contribution is 2.36. The number of halogens is 2. The van der Waals surface area contributed by atoms with Crippen LogP contribution in [0, 0.1) is 5.82 Å². The number of phenols is 1. The molecule has 0 saturated carbocycles. The van der Waals surface area contributed by atoms with Gasteiger partial charge in [0.25, 0.3) is 0 Å². The zero-order valence-corrected chi connectivity index (χ0v) is 15.1. The van der Waals surface area contributed by atoms with Crippen molar-refractivity contribution in [2.75, 3.05) is 25.0 Å². The number of likely N-dealkylation sites (N-methyl/N-ethyl adjacent to an activating group) is 1. The minimum Gasteiger partial charge on any atom is -0.508 e. The Morgan fingerprint density at radius 2 is 2.12 bits per heavy atom. The van der Waals surface area contributed by atoms with E-state index in [-0.39, 0.29) is 23.4 Å². The molecule has 0 spiro atoms. The van der Waals surface area contributed by atoms with Crippen LogP contribution < -0.4 is 4.90 Å². The van der Waals surface area contributed by atoms with Crippen LogP contribution in [0.5, 0.6) is 5.75 Å². The molecule has 138 valence electrons. The third-order valence-electron chi connectivity index (χ3n) is 4.74. The van der Waals surface area contributed by atoms with Crippen LogP contribution in [0.1, 0.15) is 12.8 Å². The SMILES string of the molecule is CN1CCC[C@H]1CN(C(=O)O)c1ccc(F)cc1-c1cc(O)cc(Cl)c1. The molecular formula is C19H20ClFN2O3. The molecule has 0 bridgehead atoms. The van der Waals surface area contributed by atoms with Crippen molar-refractivity contribution in [1.82, 2.24) is 4.90 Å². The monoisotopic (exact) mass is 378 g/mol. The van der Waals surface area contributed by atoms with Crippen molar-refractivity contribution >= 4 is 23.4 Å². The second-order valence-corrected chi connectivity index (χ2v) is 6.97. The molecule has 7 heteroatoms. The molecule has 0 radical (unpaired) electrons. The Hall–Kier alpha value is -2.31. The predicted molar refractivity (Wildman–Crippen MR) is 99.5 cm³/mol. The largest absolute Gasteiger partial charge is 0.508 e. The van der Waals surface area contributed by atoms with Crippen molar-refractivity contribution in [3.8, 4) is 16.9 Å². The van der Waals surface area contributed by atoms with Crippen molar-refractivity contribution in [3.63, 3.8) is 0 Å². The first kappa shape index (κ1) is 18.5. The molecule has 2 aromatic rings. The van der Waals surface area contributed by atoms with Crippen LogP contribution in [-0.2, 0) is 0 Å². The maximum Gasteiger partial charge on any atom is 0.411 e. The van der Waals surface area contributed by atoms with Gasteiger partial charge in [-0.15, -0.1) is 0 Å². The first-order valence-electron chi connectivity index (χ1n) is 8.35. The molecule has 0 aromatic heterocycles. The van der Waals surface area contributed by atoms with Gasteiger partial charge in [0, 0.05) is 23.2 Å². The van der Waals surface area contributed by atoms with Crippen LogP contribution >= 0.6 is 11.6 Å². The minimum absolute atomic E-state index is 0.0693. The van der Waals surface area contributed by atoms with Gasteiger partial charge in [0.2, 0.25) is 0 Å². The number of carbonyl (C=O) groups is 1. The number of carboxylic acid groups (broad SMARTS) is 1. The number of anilines is 1. The van der Waals surface area contributed by atoms with Crippen LogP contribution in [0.2, 0.25) is 5.02 Å². The Bertz CT molecular complexity index is 810. The third kappa shape index (κ3) is 3.92. The Kier molecular flexibility index (Phi) is 5.34. The molecular weight excluding hydrogens is 359 g/mol. The molecule has 5 nitrogen and oxygen atoms in total. The van der Waals surface area contributed by atoms with Crippen molar-refractivity contribution in [1.29, 1.82) is 0 Å². The van der Waals surface area contributed by atoms with Gasteiger partial charge < -0.3 is 15.1 Å². The molecule has 1 atom stereocenters. The Morgan fingerprint density at radius 3 is 2.73 bits per heavy atom. The summed E-state index contributed by atoms with van der Waals surface area (Å²) in [4.78, 5) is 15.3. The number of nitrogens with zero attached hydrogens (tertiary/aromatic N) is 2. The van der Waals surface area contributed by atoms with Crippen LogP contribution in [0.15, 0.2) is 36.4 Å². The molecule has 0 aliphatic carbocycles. The van der Waals surface area contributed by atoms with E-state index in [0.29, 0.717) is 16.8 Å². The summed E-state index contributed by atoms with van der Waals surface area (Å²) in [5.74, 6) is -0.563. The fraction of sp³-hybridized carbons (Fsp3) is 0.316. The fourth-order valence-electron chi connectivity index (χ4n) is 3.40. The lowest BCUT2D eigenvalue weighted by molar-refractivity contribution is 0.198. The van der Waals surface area contributed by atoms with Gasteiger partial charge in [-0.2, -0.15) is 0 Å². The fourth-order valence-corrected chi connectivity index (χ4v) is 3.63. The Morgan fingerprint density at radius 1 is 1.35 bits per heavy atom. The topological polar surface area (TPSA) is 64.0 Å². The summed E-state index contributed by atoms with van der Waals surface area (Å²) in [6, 6.07) is 8.43. The number of phenolic OH excluding ortho intramolecular Hbond substituents is 1. The average molecular weight is 379 g/mol.